The van der Waals surface area contributed by atoms with Crippen LogP contribution in [0, 0.1) is 17.8 Å². The largest absolute Gasteiger partial charge is 0.490 e. The lowest BCUT2D eigenvalue weighted by atomic mass is 9.88. The first kappa shape index (κ1) is 34.7. The molecule has 2 amide bonds. The number of aliphatic hydroxyl groups excluding tert-OH is 1. The number of rotatable bonds is 8. The fraction of sp³-hybridized carbons (Fsp3) is 0.778. The summed E-state index contributed by atoms with van der Waals surface area (Å²) >= 11 is 0. The van der Waals surface area contributed by atoms with Crippen LogP contribution in [-0.4, -0.2) is 84.9 Å². The number of anilines is 1. The van der Waals surface area contributed by atoms with Crippen LogP contribution in [-0.2, 0) is 9.53 Å². The Morgan fingerprint density at radius 2 is 1.68 bits per heavy atom. The van der Waals surface area contributed by atoms with E-state index in [0.29, 0.717) is 30.2 Å². The van der Waals surface area contributed by atoms with Gasteiger partial charge in [0.2, 0.25) is 5.91 Å². The van der Waals surface area contributed by atoms with Crippen molar-refractivity contribution in [2.24, 2.45) is 17.8 Å². The zero-order chi connectivity index (χ0) is 31.5. The molecule has 1 aromatic rings. The summed E-state index contributed by atoms with van der Waals surface area (Å²) in [4.78, 5) is 31.6. The van der Waals surface area contributed by atoms with Gasteiger partial charge >= 0.3 is 0 Å². The van der Waals surface area contributed by atoms with Crippen LogP contribution in [0.3, 0.4) is 0 Å². The number of carbonyl (C=O) groups is 2. The number of hydrogen-bond acceptors (Lipinski definition) is 6. The molecule has 8 nitrogen and oxygen atoms in total. The number of ether oxygens (including phenoxy) is 2. The van der Waals surface area contributed by atoms with E-state index >= 15 is 0 Å². The molecule has 0 bridgehead atoms. The minimum absolute atomic E-state index is 0.0179. The third-order valence-corrected chi connectivity index (χ3v) is 10.1. The molecule has 248 valence electrons. The van der Waals surface area contributed by atoms with Crippen LogP contribution in [0.2, 0.25) is 0 Å². The molecular weight excluding hydrogens is 554 g/mol. The molecule has 0 radical (unpaired) electrons. The summed E-state index contributed by atoms with van der Waals surface area (Å²) in [6.07, 6.45) is 14.5. The van der Waals surface area contributed by atoms with E-state index in [2.05, 4.69) is 24.2 Å². The van der Waals surface area contributed by atoms with Gasteiger partial charge in [0.05, 0.1) is 30.4 Å². The highest BCUT2D eigenvalue weighted by molar-refractivity contribution is 6.00. The lowest BCUT2D eigenvalue weighted by Crippen LogP contribution is -2.47. The number of likely N-dealkylation sites (N-methyl/N-ethyl adjacent to an activating group) is 1. The molecule has 0 saturated heterocycles. The zero-order valence-electron chi connectivity index (χ0n) is 27.9. The van der Waals surface area contributed by atoms with E-state index < -0.39 is 0 Å². The summed E-state index contributed by atoms with van der Waals surface area (Å²) in [6, 6.07) is 5.05. The molecule has 4 atom stereocenters. The Morgan fingerprint density at radius 1 is 1.00 bits per heavy atom. The van der Waals surface area contributed by atoms with Gasteiger partial charge in [0.25, 0.3) is 5.91 Å². The van der Waals surface area contributed by atoms with E-state index in [1.807, 2.05) is 26.0 Å². The standard InChI is InChI=1S/C36H59N3O5/c1-26-22-39(27(2)25-40)36(42)32-21-31(37-35(41)30-16-9-6-10-17-30)18-19-33(32)44-28(3)13-11-12-20-43-34(26)24-38(4)23-29-14-7-5-8-15-29/h18-19,21,26-30,34,40H,5-17,20,22-25H2,1-4H3,(H,37,41)/t26-,27-,28+,34-/m0/s1. The number of fused-ring (bicyclic) bond motifs is 1. The number of hydrogen-bond donors (Lipinski definition) is 2. The lowest BCUT2D eigenvalue weighted by Gasteiger charge is -2.36. The summed E-state index contributed by atoms with van der Waals surface area (Å²) in [6.45, 7) is 8.99. The highest BCUT2D eigenvalue weighted by Gasteiger charge is 2.31. The normalized spacial score (nSPS) is 26.0. The first-order valence-electron chi connectivity index (χ1n) is 17.6. The van der Waals surface area contributed by atoms with Crippen LogP contribution in [0.15, 0.2) is 18.2 Å². The van der Waals surface area contributed by atoms with E-state index in [1.54, 1.807) is 11.0 Å². The van der Waals surface area contributed by atoms with Crippen molar-refractivity contribution in [3.63, 3.8) is 0 Å². The Hall–Kier alpha value is -2.16. The Bertz CT molecular complexity index is 1040. The molecule has 0 unspecified atom stereocenters. The van der Waals surface area contributed by atoms with Gasteiger partial charge in [-0.1, -0.05) is 45.4 Å². The summed E-state index contributed by atoms with van der Waals surface area (Å²) in [7, 11) is 2.20. The van der Waals surface area contributed by atoms with Crippen molar-refractivity contribution in [3.05, 3.63) is 23.8 Å². The molecule has 44 heavy (non-hydrogen) atoms. The van der Waals surface area contributed by atoms with Gasteiger partial charge < -0.3 is 29.7 Å². The van der Waals surface area contributed by atoms with Crippen molar-refractivity contribution in [2.75, 3.05) is 45.2 Å². The van der Waals surface area contributed by atoms with Crippen LogP contribution >= 0.6 is 0 Å². The van der Waals surface area contributed by atoms with Crippen LogP contribution in [0.1, 0.15) is 115 Å². The fourth-order valence-electron chi connectivity index (χ4n) is 7.26. The van der Waals surface area contributed by atoms with Crippen LogP contribution in [0.25, 0.3) is 0 Å². The monoisotopic (exact) mass is 613 g/mol. The predicted molar refractivity (Wildman–Crippen MR) is 176 cm³/mol. The Kier molecular flexibility index (Phi) is 13.8. The van der Waals surface area contributed by atoms with E-state index in [4.69, 9.17) is 9.47 Å². The molecule has 0 aromatic heterocycles. The molecule has 4 rings (SSSR count). The van der Waals surface area contributed by atoms with Crippen molar-refractivity contribution < 1.29 is 24.2 Å². The SMILES string of the molecule is C[C@@H]1CCCCO[C@@H](CN(C)CC2CCCCC2)[C@@H](C)CN([C@@H](C)CO)C(=O)c2cc(NC(=O)C3CCCCC3)ccc2O1. The third-order valence-electron chi connectivity index (χ3n) is 10.1. The Labute approximate surface area is 266 Å². The van der Waals surface area contributed by atoms with Crippen LogP contribution < -0.4 is 10.1 Å². The second-order valence-electron chi connectivity index (χ2n) is 14.1. The molecule has 1 aliphatic heterocycles. The van der Waals surface area contributed by atoms with Gasteiger partial charge in [-0.15, -0.1) is 0 Å². The fourth-order valence-corrected chi connectivity index (χ4v) is 7.26. The Balaban J connectivity index is 1.56. The molecule has 1 aromatic carbocycles. The second kappa shape index (κ2) is 17.5. The lowest BCUT2D eigenvalue weighted by molar-refractivity contribution is -0.120. The molecule has 3 aliphatic rings. The minimum Gasteiger partial charge on any atom is -0.490 e. The maximum Gasteiger partial charge on any atom is 0.258 e. The van der Waals surface area contributed by atoms with Gasteiger partial charge in [0.15, 0.2) is 0 Å². The summed E-state index contributed by atoms with van der Waals surface area (Å²) in [5, 5.41) is 13.3. The van der Waals surface area contributed by atoms with Crippen LogP contribution in [0.5, 0.6) is 5.75 Å². The van der Waals surface area contributed by atoms with E-state index in [-0.39, 0.29) is 48.5 Å². The van der Waals surface area contributed by atoms with E-state index in [0.717, 1.165) is 64.0 Å². The van der Waals surface area contributed by atoms with Crippen molar-refractivity contribution in [1.82, 2.24) is 9.80 Å². The highest BCUT2D eigenvalue weighted by atomic mass is 16.5. The minimum atomic E-state index is -0.385. The number of benzene rings is 1. The van der Waals surface area contributed by atoms with Crippen molar-refractivity contribution in [1.29, 1.82) is 0 Å². The molecule has 2 fully saturated rings. The molecule has 2 aliphatic carbocycles. The third kappa shape index (κ3) is 10.2. The van der Waals surface area contributed by atoms with Crippen molar-refractivity contribution in [2.45, 2.75) is 122 Å². The molecule has 0 spiro atoms. The quantitative estimate of drug-likeness (QED) is 0.347. The number of amides is 2. The molecule has 8 heteroatoms. The smallest absolute Gasteiger partial charge is 0.258 e. The van der Waals surface area contributed by atoms with Crippen molar-refractivity contribution in [3.8, 4) is 5.75 Å². The maximum atomic E-state index is 14.4. The number of nitrogens with one attached hydrogen (secondary N) is 1. The van der Waals surface area contributed by atoms with Gasteiger partial charge in [0.1, 0.15) is 5.75 Å². The maximum absolute atomic E-state index is 14.4. The topological polar surface area (TPSA) is 91.3 Å². The number of carbonyl (C=O) groups excluding carboxylic acids is 2. The second-order valence-corrected chi connectivity index (χ2v) is 14.1. The average molecular weight is 614 g/mol. The average Bonchev–Trinajstić information content (AvgIpc) is 3.03. The van der Waals surface area contributed by atoms with E-state index in [1.165, 1.54) is 38.5 Å². The van der Waals surface area contributed by atoms with Crippen molar-refractivity contribution >= 4 is 17.5 Å². The van der Waals surface area contributed by atoms with Gasteiger partial charge in [-0.25, -0.2) is 0 Å². The first-order chi connectivity index (χ1) is 21.2. The molecule has 2 saturated carbocycles. The Morgan fingerprint density at radius 3 is 2.39 bits per heavy atom. The first-order valence-corrected chi connectivity index (χ1v) is 17.6. The zero-order valence-corrected chi connectivity index (χ0v) is 27.9. The van der Waals surface area contributed by atoms with Crippen LogP contribution in [0.4, 0.5) is 5.69 Å². The predicted octanol–water partition coefficient (Wildman–Crippen LogP) is 6.51. The summed E-state index contributed by atoms with van der Waals surface area (Å²) < 4.78 is 12.9. The summed E-state index contributed by atoms with van der Waals surface area (Å²) in [5.41, 5.74) is 1.04. The number of aliphatic hydroxyl groups is 1. The molecule has 1 heterocycles. The highest BCUT2D eigenvalue weighted by Crippen LogP contribution is 2.30. The molecule has 2 N–H and O–H groups in total. The van der Waals surface area contributed by atoms with Gasteiger partial charge in [0, 0.05) is 43.8 Å². The van der Waals surface area contributed by atoms with Gasteiger partial charge in [-0.2, -0.15) is 0 Å². The summed E-state index contributed by atoms with van der Waals surface area (Å²) in [5.74, 6) is 1.19. The van der Waals surface area contributed by atoms with Gasteiger partial charge in [-0.05, 0) is 90.0 Å². The van der Waals surface area contributed by atoms with Gasteiger partial charge in [-0.3, -0.25) is 9.59 Å². The number of nitrogens with zero attached hydrogens (tertiary/aromatic N) is 2. The molecular formula is C36H59N3O5. The van der Waals surface area contributed by atoms with E-state index in [9.17, 15) is 14.7 Å².